The Labute approximate surface area is 117 Å². The summed E-state index contributed by atoms with van der Waals surface area (Å²) in [7, 11) is 1.70. The first-order valence-corrected chi connectivity index (χ1v) is 6.53. The van der Waals surface area contributed by atoms with Crippen LogP contribution >= 0.6 is 11.6 Å². The summed E-state index contributed by atoms with van der Waals surface area (Å²) in [6.45, 7) is 3.58. The number of rotatable bonds is 3. The number of halogens is 1. The Balaban J connectivity index is 2.27. The Kier molecular flexibility index (Phi) is 3.96. The molecule has 0 bridgehead atoms. The van der Waals surface area contributed by atoms with Crippen LogP contribution in [0.1, 0.15) is 30.3 Å². The number of carbonyl (C=O) groups is 1. The number of carboxylic acids is 1. The molecule has 0 amide bonds. The van der Waals surface area contributed by atoms with Crippen molar-refractivity contribution in [2.75, 3.05) is 25.1 Å². The van der Waals surface area contributed by atoms with Crippen LogP contribution in [-0.2, 0) is 4.74 Å². The monoisotopic (exact) mass is 284 g/mol. The van der Waals surface area contributed by atoms with Crippen LogP contribution in [0.3, 0.4) is 0 Å². The Morgan fingerprint density at radius 3 is 2.95 bits per heavy atom. The van der Waals surface area contributed by atoms with Crippen LogP contribution in [0.5, 0.6) is 0 Å². The van der Waals surface area contributed by atoms with Crippen LogP contribution in [0.15, 0.2) is 12.1 Å². The van der Waals surface area contributed by atoms with Crippen LogP contribution < -0.4 is 4.90 Å². The van der Waals surface area contributed by atoms with Crippen molar-refractivity contribution in [3.63, 3.8) is 0 Å². The summed E-state index contributed by atoms with van der Waals surface area (Å²) >= 11 is 5.83. The summed E-state index contributed by atoms with van der Waals surface area (Å²) in [4.78, 5) is 17.2. The number of carboxylic acid groups (broad SMARTS) is 1. The van der Waals surface area contributed by atoms with Crippen molar-refractivity contribution in [3.05, 3.63) is 22.8 Å². The second kappa shape index (κ2) is 5.35. The molecule has 1 unspecified atom stereocenters. The molecule has 19 heavy (non-hydrogen) atoms. The van der Waals surface area contributed by atoms with Crippen molar-refractivity contribution in [1.29, 1.82) is 0 Å². The van der Waals surface area contributed by atoms with E-state index in [4.69, 9.17) is 21.4 Å². The molecule has 0 aromatic carbocycles. The lowest BCUT2D eigenvalue weighted by molar-refractivity contribution is -0.00481. The van der Waals surface area contributed by atoms with Gasteiger partial charge in [0.25, 0.3) is 0 Å². The SMILES string of the molecule is COC1(C)CCCN(c2ccc(Cl)c(C(=O)O)n2)C1. The van der Waals surface area contributed by atoms with Crippen molar-refractivity contribution in [2.24, 2.45) is 0 Å². The largest absolute Gasteiger partial charge is 0.476 e. The van der Waals surface area contributed by atoms with Crippen LogP contribution in [0.25, 0.3) is 0 Å². The van der Waals surface area contributed by atoms with Gasteiger partial charge in [0, 0.05) is 20.2 Å². The quantitative estimate of drug-likeness (QED) is 0.924. The van der Waals surface area contributed by atoms with Gasteiger partial charge in [-0.15, -0.1) is 0 Å². The molecule has 0 aliphatic carbocycles. The van der Waals surface area contributed by atoms with Crippen LogP contribution in [0, 0.1) is 0 Å². The third-order valence-electron chi connectivity index (χ3n) is 3.51. The van der Waals surface area contributed by atoms with Crippen LogP contribution in [0.2, 0.25) is 5.02 Å². The fraction of sp³-hybridized carbons (Fsp3) is 0.538. The Hall–Kier alpha value is -1.33. The number of nitrogens with zero attached hydrogens (tertiary/aromatic N) is 2. The molecule has 2 rings (SSSR count). The molecular formula is C13H17ClN2O3. The number of aromatic nitrogens is 1. The van der Waals surface area contributed by atoms with Gasteiger partial charge in [-0.3, -0.25) is 0 Å². The molecule has 0 radical (unpaired) electrons. The molecule has 104 valence electrons. The molecule has 1 N–H and O–H groups in total. The van der Waals surface area contributed by atoms with Gasteiger partial charge in [0.1, 0.15) is 5.82 Å². The Morgan fingerprint density at radius 2 is 2.32 bits per heavy atom. The number of ether oxygens (including phenoxy) is 1. The van der Waals surface area contributed by atoms with E-state index in [2.05, 4.69) is 4.98 Å². The van der Waals surface area contributed by atoms with Gasteiger partial charge in [0.2, 0.25) is 0 Å². The van der Waals surface area contributed by atoms with E-state index in [-0.39, 0.29) is 16.3 Å². The van der Waals surface area contributed by atoms with Crippen LogP contribution in [0.4, 0.5) is 5.82 Å². The maximum Gasteiger partial charge on any atom is 0.356 e. The van der Waals surface area contributed by atoms with Gasteiger partial charge in [0.15, 0.2) is 5.69 Å². The molecule has 1 aliphatic heterocycles. The van der Waals surface area contributed by atoms with Crippen molar-refractivity contribution in [2.45, 2.75) is 25.4 Å². The highest BCUT2D eigenvalue weighted by molar-refractivity contribution is 6.33. The second-order valence-corrected chi connectivity index (χ2v) is 5.39. The number of pyridine rings is 1. The summed E-state index contributed by atoms with van der Waals surface area (Å²) in [6.07, 6.45) is 1.97. The summed E-state index contributed by atoms with van der Waals surface area (Å²) in [5.41, 5.74) is -0.327. The Bertz CT molecular complexity index is 495. The minimum atomic E-state index is -1.11. The van der Waals surface area contributed by atoms with E-state index >= 15 is 0 Å². The first-order chi connectivity index (χ1) is 8.95. The minimum Gasteiger partial charge on any atom is -0.476 e. The highest BCUT2D eigenvalue weighted by Gasteiger charge is 2.31. The predicted molar refractivity (Wildman–Crippen MR) is 73.1 cm³/mol. The summed E-state index contributed by atoms with van der Waals surface area (Å²) in [5.74, 6) is -0.483. The third-order valence-corrected chi connectivity index (χ3v) is 3.81. The molecule has 1 saturated heterocycles. The molecule has 0 spiro atoms. The molecule has 5 nitrogen and oxygen atoms in total. The highest BCUT2D eigenvalue weighted by Crippen LogP contribution is 2.28. The smallest absolute Gasteiger partial charge is 0.356 e. The van der Waals surface area contributed by atoms with Crippen LogP contribution in [-0.4, -0.2) is 41.9 Å². The second-order valence-electron chi connectivity index (χ2n) is 4.98. The minimum absolute atomic E-state index is 0.108. The van der Waals surface area contributed by atoms with E-state index in [0.717, 1.165) is 19.4 Å². The van der Waals surface area contributed by atoms with Gasteiger partial charge in [0.05, 0.1) is 10.6 Å². The van der Waals surface area contributed by atoms with E-state index in [1.807, 2.05) is 11.8 Å². The zero-order valence-electron chi connectivity index (χ0n) is 11.0. The lowest BCUT2D eigenvalue weighted by Gasteiger charge is -2.40. The molecule has 0 saturated carbocycles. The number of anilines is 1. The fourth-order valence-corrected chi connectivity index (χ4v) is 2.51. The standard InChI is InChI=1S/C13H17ClN2O3/c1-13(19-2)6-3-7-16(8-13)10-5-4-9(14)11(15-10)12(17)18/h4-5H,3,6-8H2,1-2H3,(H,17,18). The lowest BCUT2D eigenvalue weighted by Crippen LogP contribution is -2.47. The van der Waals surface area contributed by atoms with Gasteiger partial charge in [-0.05, 0) is 31.9 Å². The predicted octanol–water partition coefficient (Wildman–Crippen LogP) is 2.44. The average Bonchev–Trinajstić information content (AvgIpc) is 2.39. The average molecular weight is 285 g/mol. The van der Waals surface area contributed by atoms with Gasteiger partial charge >= 0.3 is 5.97 Å². The van der Waals surface area contributed by atoms with E-state index in [1.54, 1.807) is 19.2 Å². The fourth-order valence-electron chi connectivity index (χ4n) is 2.33. The van der Waals surface area contributed by atoms with Crippen molar-refractivity contribution >= 4 is 23.4 Å². The molecule has 1 fully saturated rings. The highest BCUT2D eigenvalue weighted by atomic mass is 35.5. The maximum absolute atomic E-state index is 11.1. The van der Waals surface area contributed by atoms with E-state index in [1.165, 1.54) is 0 Å². The molecular weight excluding hydrogens is 268 g/mol. The summed E-state index contributed by atoms with van der Waals surface area (Å²) in [5, 5.41) is 9.20. The van der Waals surface area contributed by atoms with E-state index < -0.39 is 5.97 Å². The van der Waals surface area contributed by atoms with E-state index in [0.29, 0.717) is 12.4 Å². The zero-order valence-corrected chi connectivity index (χ0v) is 11.8. The maximum atomic E-state index is 11.1. The lowest BCUT2D eigenvalue weighted by atomic mass is 9.95. The van der Waals surface area contributed by atoms with Crippen molar-refractivity contribution < 1.29 is 14.6 Å². The number of hydrogen-bond donors (Lipinski definition) is 1. The molecule has 1 atom stereocenters. The number of hydrogen-bond acceptors (Lipinski definition) is 4. The topological polar surface area (TPSA) is 62.7 Å². The van der Waals surface area contributed by atoms with Crippen molar-refractivity contribution in [3.8, 4) is 0 Å². The molecule has 1 aromatic heterocycles. The Morgan fingerprint density at radius 1 is 1.58 bits per heavy atom. The summed E-state index contributed by atoms with van der Waals surface area (Å²) < 4.78 is 5.52. The number of methoxy groups -OCH3 is 1. The molecule has 1 aromatic rings. The first kappa shape index (κ1) is 14.1. The molecule has 2 heterocycles. The zero-order chi connectivity index (χ0) is 14.0. The first-order valence-electron chi connectivity index (χ1n) is 6.15. The van der Waals surface area contributed by atoms with E-state index in [9.17, 15) is 4.79 Å². The summed E-state index contributed by atoms with van der Waals surface area (Å²) in [6, 6.07) is 3.32. The van der Waals surface area contributed by atoms with Gasteiger partial charge in [-0.25, -0.2) is 9.78 Å². The van der Waals surface area contributed by atoms with Crippen molar-refractivity contribution in [1.82, 2.24) is 4.98 Å². The molecule has 6 heteroatoms. The third kappa shape index (κ3) is 2.98. The van der Waals surface area contributed by atoms with Gasteiger partial charge in [-0.1, -0.05) is 11.6 Å². The normalized spacial score (nSPS) is 23.4. The van der Waals surface area contributed by atoms with Gasteiger partial charge < -0.3 is 14.7 Å². The molecule has 1 aliphatic rings. The van der Waals surface area contributed by atoms with Gasteiger partial charge in [-0.2, -0.15) is 0 Å². The number of piperidine rings is 1. The number of aromatic carboxylic acids is 1.